The molecule has 0 fully saturated rings. The highest BCUT2D eigenvalue weighted by atomic mass is 16.2. The minimum atomic E-state index is -0.346. The second kappa shape index (κ2) is 4.92. The van der Waals surface area contributed by atoms with E-state index in [2.05, 4.69) is 25.6 Å². The van der Waals surface area contributed by atoms with E-state index in [1.54, 1.807) is 0 Å². The number of carbonyl (C=O) groups excluding carboxylic acids is 1. The summed E-state index contributed by atoms with van der Waals surface area (Å²) in [5.41, 5.74) is 3.30. The molecular weight excluding hydrogens is 278 g/mol. The van der Waals surface area contributed by atoms with E-state index < -0.39 is 0 Å². The van der Waals surface area contributed by atoms with Crippen molar-refractivity contribution in [2.24, 2.45) is 0 Å². The number of amides is 2. The predicted octanol–water partition coefficient (Wildman–Crippen LogP) is 3.69. The zero-order valence-corrected chi connectivity index (χ0v) is 11.6. The maximum absolute atomic E-state index is 12.1. The maximum Gasteiger partial charge on any atom is 0.326 e. The van der Waals surface area contributed by atoms with Gasteiger partial charge in [-0.05, 0) is 24.3 Å². The fourth-order valence-electron chi connectivity index (χ4n) is 2.46. The van der Waals surface area contributed by atoms with Crippen LogP contribution in [0.2, 0.25) is 0 Å². The van der Waals surface area contributed by atoms with Crippen LogP contribution >= 0.6 is 0 Å². The number of H-pyrrole nitrogens is 2. The molecule has 22 heavy (non-hydrogen) atoms. The van der Waals surface area contributed by atoms with Crippen molar-refractivity contribution in [3.8, 4) is 0 Å². The summed E-state index contributed by atoms with van der Waals surface area (Å²) in [6.45, 7) is 0. The minimum absolute atomic E-state index is 0.346. The summed E-state index contributed by atoms with van der Waals surface area (Å²) in [5.74, 6) is 0.414. The average molecular weight is 291 g/mol. The smallest absolute Gasteiger partial charge is 0.326 e. The Labute approximate surface area is 125 Å². The molecule has 0 saturated carbocycles. The first-order valence-corrected chi connectivity index (χ1v) is 6.88. The number of aromatic nitrogens is 3. The van der Waals surface area contributed by atoms with E-state index in [9.17, 15) is 4.79 Å². The summed E-state index contributed by atoms with van der Waals surface area (Å²) in [5, 5.41) is 6.57. The number of benzene rings is 2. The summed E-state index contributed by atoms with van der Waals surface area (Å²) in [6, 6.07) is 14.9. The maximum atomic E-state index is 12.1. The second-order valence-corrected chi connectivity index (χ2v) is 4.93. The fraction of sp³-hybridized carbons (Fsp3) is 0. The molecule has 4 rings (SSSR count). The molecule has 6 heteroatoms. The van der Waals surface area contributed by atoms with Crippen molar-refractivity contribution in [2.45, 2.75) is 0 Å². The summed E-state index contributed by atoms with van der Waals surface area (Å²) in [7, 11) is 0. The monoisotopic (exact) mass is 291 g/mol. The number of hydrogen-bond donors (Lipinski definition) is 4. The Morgan fingerprint density at radius 2 is 1.91 bits per heavy atom. The van der Waals surface area contributed by atoms with Crippen molar-refractivity contribution in [2.75, 3.05) is 10.6 Å². The van der Waals surface area contributed by atoms with Gasteiger partial charge in [0.25, 0.3) is 0 Å². The van der Waals surface area contributed by atoms with E-state index in [1.807, 2.05) is 54.7 Å². The average Bonchev–Trinajstić information content (AvgIpc) is 3.12. The number of carbonyl (C=O) groups is 1. The molecule has 4 N–H and O–H groups in total. The number of imidazole rings is 1. The lowest BCUT2D eigenvalue weighted by molar-refractivity contribution is 0.262. The quantitative estimate of drug-likeness (QED) is 0.454. The number of anilines is 2. The largest absolute Gasteiger partial charge is 0.359 e. The number of para-hydroxylation sites is 3. The molecular formula is C16H13N5O. The first-order valence-electron chi connectivity index (χ1n) is 6.88. The standard InChI is InChI=1S/C16H13N5O/c22-16(20-13-7-3-4-10-8-9-17-14(10)13)21-15-18-11-5-1-2-6-12(11)19-15/h1-9,17H,(H3,18,19,20,21,22). The van der Waals surface area contributed by atoms with Gasteiger partial charge in [-0.1, -0.05) is 24.3 Å². The van der Waals surface area contributed by atoms with Gasteiger partial charge >= 0.3 is 6.03 Å². The summed E-state index contributed by atoms with van der Waals surface area (Å²) in [6.07, 6.45) is 1.84. The molecule has 4 aromatic rings. The van der Waals surface area contributed by atoms with E-state index >= 15 is 0 Å². The molecule has 6 nitrogen and oxygen atoms in total. The van der Waals surface area contributed by atoms with Crippen molar-refractivity contribution < 1.29 is 4.79 Å². The van der Waals surface area contributed by atoms with Gasteiger partial charge in [0.05, 0.1) is 22.2 Å². The van der Waals surface area contributed by atoms with E-state index in [1.165, 1.54) is 0 Å². The molecule has 0 unspecified atom stereocenters. The van der Waals surface area contributed by atoms with Crippen LogP contribution in [-0.2, 0) is 0 Å². The molecule has 0 aliphatic heterocycles. The number of hydrogen-bond acceptors (Lipinski definition) is 2. The van der Waals surface area contributed by atoms with Crippen LogP contribution in [0.5, 0.6) is 0 Å². The first kappa shape index (κ1) is 12.5. The van der Waals surface area contributed by atoms with Crippen molar-refractivity contribution in [1.29, 1.82) is 0 Å². The molecule has 0 aliphatic carbocycles. The number of rotatable bonds is 2. The van der Waals surface area contributed by atoms with Gasteiger partial charge in [-0.15, -0.1) is 0 Å². The highest BCUT2D eigenvalue weighted by Crippen LogP contribution is 2.21. The van der Waals surface area contributed by atoms with Gasteiger partial charge in [0.2, 0.25) is 5.95 Å². The molecule has 2 aromatic carbocycles. The molecule has 2 heterocycles. The van der Waals surface area contributed by atoms with E-state index in [4.69, 9.17) is 0 Å². The van der Waals surface area contributed by atoms with Crippen LogP contribution in [0.25, 0.3) is 21.9 Å². The molecule has 108 valence electrons. The molecule has 0 atom stereocenters. The van der Waals surface area contributed by atoms with Crippen molar-refractivity contribution in [1.82, 2.24) is 15.0 Å². The number of nitrogens with zero attached hydrogens (tertiary/aromatic N) is 1. The van der Waals surface area contributed by atoms with Gasteiger partial charge in [0.15, 0.2) is 0 Å². The summed E-state index contributed by atoms with van der Waals surface area (Å²) < 4.78 is 0. The van der Waals surface area contributed by atoms with Crippen molar-refractivity contribution in [3.63, 3.8) is 0 Å². The van der Waals surface area contributed by atoms with Crippen LogP contribution in [0.1, 0.15) is 0 Å². The molecule has 2 amide bonds. The highest BCUT2D eigenvalue weighted by Gasteiger charge is 2.09. The Balaban J connectivity index is 1.56. The van der Waals surface area contributed by atoms with Gasteiger partial charge in [0, 0.05) is 11.6 Å². The zero-order valence-electron chi connectivity index (χ0n) is 11.6. The van der Waals surface area contributed by atoms with Gasteiger partial charge in [-0.3, -0.25) is 5.32 Å². The van der Waals surface area contributed by atoms with Crippen LogP contribution in [0.3, 0.4) is 0 Å². The number of fused-ring (bicyclic) bond motifs is 2. The van der Waals surface area contributed by atoms with Crippen LogP contribution in [0.15, 0.2) is 54.7 Å². The SMILES string of the molecule is O=C(Nc1nc2ccccc2[nH]1)Nc1cccc2cc[nH]c12. The van der Waals surface area contributed by atoms with Crippen LogP contribution in [-0.4, -0.2) is 21.0 Å². The number of aromatic amines is 2. The first-order chi connectivity index (χ1) is 10.8. The minimum Gasteiger partial charge on any atom is -0.359 e. The lowest BCUT2D eigenvalue weighted by atomic mass is 10.2. The Bertz CT molecular complexity index is 936. The van der Waals surface area contributed by atoms with Gasteiger partial charge < -0.3 is 15.3 Å². The molecule has 0 saturated heterocycles. The summed E-state index contributed by atoms with van der Waals surface area (Å²) >= 11 is 0. The van der Waals surface area contributed by atoms with Gasteiger partial charge in [-0.25, -0.2) is 9.78 Å². The van der Waals surface area contributed by atoms with Gasteiger partial charge in [0.1, 0.15) is 0 Å². The topological polar surface area (TPSA) is 85.6 Å². The van der Waals surface area contributed by atoms with E-state index in [-0.39, 0.29) is 6.03 Å². The van der Waals surface area contributed by atoms with Gasteiger partial charge in [-0.2, -0.15) is 0 Å². The normalized spacial score (nSPS) is 10.9. The predicted molar refractivity (Wildman–Crippen MR) is 87.0 cm³/mol. The highest BCUT2D eigenvalue weighted by molar-refractivity contribution is 6.04. The molecule has 0 spiro atoms. The fourth-order valence-corrected chi connectivity index (χ4v) is 2.46. The molecule has 0 aliphatic rings. The van der Waals surface area contributed by atoms with Crippen LogP contribution < -0.4 is 10.6 Å². The van der Waals surface area contributed by atoms with E-state index in [0.717, 1.165) is 27.6 Å². The van der Waals surface area contributed by atoms with Crippen molar-refractivity contribution >= 4 is 39.6 Å². The second-order valence-electron chi connectivity index (χ2n) is 4.93. The Hall–Kier alpha value is -3.28. The zero-order chi connectivity index (χ0) is 14.9. The van der Waals surface area contributed by atoms with Crippen molar-refractivity contribution in [3.05, 3.63) is 54.7 Å². The number of urea groups is 1. The Morgan fingerprint density at radius 1 is 1.00 bits per heavy atom. The molecule has 2 aromatic heterocycles. The van der Waals surface area contributed by atoms with Crippen LogP contribution in [0, 0.1) is 0 Å². The lowest BCUT2D eigenvalue weighted by Gasteiger charge is -2.06. The third-order valence-corrected chi connectivity index (χ3v) is 3.46. The molecule has 0 bridgehead atoms. The number of nitrogens with one attached hydrogen (secondary N) is 4. The lowest BCUT2D eigenvalue weighted by Crippen LogP contribution is -2.20. The third kappa shape index (κ3) is 2.16. The Morgan fingerprint density at radius 3 is 2.82 bits per heavy atom. The van der Waals surface area contributed by atoms with Crippen LogP contribution in [0.4, 0.5) is 16.4 Å². The molecule has 0 radical (unpaired) electrons. The third-order valence-electron chi connectivity index (χ3n) is 3.46. The Kier molecular flexibility index (Phi) is 2.79. The van der Waals surface area contributed by atoms with E-state index in [0.29, 0.717) is 5.95 Å². The summed E-state index contributed by atoms with van der Waals surface area (Å²) in [4.78, 5) is 22.6.